The zero-order valence-corrected chi connectivity index (χ0v) is 35.9. The van der Waals surface area contributed by atoms with Gasteiger partial charge in [-0.2, -0.15) is 10.2 Å². The molecule has 9 rings (SSSR count). The quantitative estimate of drug-likeness (QED) is 0.122. The van der Waals surface area contributed by atoms with E-state index in [1.54, 1.807) is 35.3 Å². The molecule has 64 heavy (non-hydrogen) atoms. The number of aliphatic hydroxyl groups is 1. The number of piperidine rings is 2. The molecule has 4 fully saturated rings. The number of fused-ring (bicyclic) bond motifs is 2. The van der Waals surface area contributed by atoms with Gasteiger partial charge in [0.05, 0.1) is 48.4 Å². The maximum absolute atomic E-state index is 14.4. The molecule has 4 aliphatic heterocycles. The summed E-state index contributed by atoms with van der Waals surface area (Å²) in [6.45, 7) is 6.42. The maximum Gasteiger partial charge on any atom is 0.284 e. The fourth-order valence-electron chi connectivity index (χ4n) is 9.79. The molecule has 18 nitrogen and oxygen atoms in total. The third-order valence-electron chi connectivity index (χ3n) is 13.3. The van der Waals surface area contributed by atoms with E-state index in [0.717, 1.165) is 63.1 Å². The first-order valence-electron chi connectivity index (χ1n) is 22.4. The summed E-state index contributed by atoms with van der Waals surface area (Å²) in [5.41, 5.74) is 1.28. The van der Waals surface area contributed by atoms with Crippen LogP contribution in [0.2, 0.25) is 0 Å². The maximum atomic E-state index is 14.4. The second-order valence-electron chi connectivity index (χ2n) is 17.4. The first kappa shape index (κ1) is 43.7. The Kier molecular flexibility index (Phi) is 12.9. The molecule has 0 radical (unpaired) electrons. The van der Waals surface area contributed by atoms with E-state index in [1.165, 1.54) is 22.7 Å². The van der Waals surface area contributed by atoms with Crippen LogP contribution in [0.15, 0.2) is 42.9 Å². The van der Waals surface area contributed by atoms with E-state index in [4.69, 9.17) is 14.5 Å². The van der Waals surface area contributed by atoms with Crippen molar-refractivity contribution in [3.05, 3.63) is 65.2 Å². The summed E-state index contributed by atoms with van der Waals surface area (Å²) >= 11 is 0. The van der Waals surface area contributed by atoms with E-state index >= 15 is 0 Å². The number of aliphatic hydroxyl groups excluding tert-OH is 1. The first-order valence-corrected chi connectivity index (χ1v) is 22.4. The lowest BCUT2D eigenvalue weighted by molar-refractivity contribution is -0.131. The predicted molar refractivity (Wildman–Crippen MR) is 230 cm³/mol. The smallest absolute Gasteiger partial charge is 0.284 e. The van der Waals surface area contributed by atoms with Gasteiger partial charge in [0.1, 0.15) is 23.7 Å². The van der Waals surface area contributed by atoms with Crippen molar-refractivity contribution in [2.45, 2.75) is 88.6 Å². The van der Waals surface area contributed by atoms with Crippen LogP contribution in [0.25, 0.3) is 5.65 Å². The minimum atomic E-state index is -2.86. The molecule has 0 spiro atoms. The molecular formula is C44H55F2N11O7. The zero-order valence-electron chi connectivity index (χ0n) is 35.9. The highest BCUT2D eigenvalue weighted by Gasteiger charge is 2.45. The molecule has 2 unspecified atom stereocenters. The molecule has 4 amide bonds. The van der Waals surface area contributed by atoms with Crippen LogP contribution in [0.4, 0.5) is 26.0 Å². The van der Waals surface area contributed by atoms with E-state index in [-0.39, 0.29) is 47.4 Å². The van der Waals surface area contributed by atoms with Crippen molar-refractivity contribution in [1.29, 1.82) is 0 Å². The number of hydrogen-bond acceptors (Lipinski definition) is 13. The molecule has 1 aliphatic carbocycles. The second kappa shape index (κ2) is 18.9. The number of nitrogens with zero attached hydrogens (tertiary/aromatic N) is 9. The second-order valence-corrected chi connectivity index (χ2v) is 17.4. The van der Waals surface area contributed by atoms with Crippen molar-refractivity contribution in [1.82, 2.24) is 39.5 Å². The summed E-state index contributed by atoms with van der Waals surface area (Å²) in [5, 5.41) is 24.1. The number of rotatable bonds is 14. The Morgan fingerprint density at radius 1 is 1.02 bits per heavy atom. The van der Waals surface area contributed by atoms with E-state index in [9.17, 15) is 33.1 Å². The van der Waals surface area contributed by atoms with Gasteiger partial charge < -0.3 is 39.9 Å². The van der Waals surface area contributed by atoms with Gasteiger partial charge in [0.15, 0.2) is 11.3 Å². The number of aromatic nitrogens is 5. The molecule has 1 saturated carbocycles. The Labute approximate surface area is 368 Å². The summed E-state index contributed by atoms with van der Waals surface area (Å²) in [7, 11) is 1.49. The SMILES string of the molecule is CN(C(=O)c1cnn2ccc(N3CCOCC3)nc12)c1cn([C@H]2CC[C@H](CN3CCC(OCCCNc4cccc5c4C(=O)N(C4CCC(O)NC4=O)C5=O)CC3)CC2)nc1C(F)F. The number of amides is 4. The van der Waals surface area contributed by atoms with Gasteiger partial charge >= 0.3 is 0 Å². The van der Waals surface area contributed by atoms with Crippen molar-refractivity contribution in [3.63, 3.8) is 0 Å². The fraction of sp³-hybridized carbons (Fsp3) is 0.568. The number of carbonyl (C=O) groups is 4. The molecule has 342 valence electrons. The summed E-state index contributed by atoms with van der Waals surface area (Å²) in [5.74, 6) is -0.868. The summed E-state index contributed by atoms with van der Waals surface area (Å²) in [6.07, 6.45) is 7.57. The van der Waals surface area contributed by atoms with Crippen LogP contribution < -0.4 is 20.4 Å². The number of likely N-dealkylation sites (tertiary alicyclic amines) is 1. The van der Waals surface area contributed by atoms with Crippen LogP contribution in [-0.4, -0.2) is 147 Å². The highest BCUT2D eigenvalue weighted by molar-refractivity contribution is 6.25. The lowest BCUT2D eigenvalue weighted by Gasteiger charge is -2.36. The van der Waals surface area contributed by atoms with Gasteiger partial charge in [-0.15, -0.1) is 0 Å². The van der Waals surface area contributed by atoms with Crippen LogP contribution in [-0.2, 0) is 14.3 Å². The van der Waals surface area contributed by atoms with Crippen molar-refractivity contribution >= 4 is 46.5 Å². The summed E-state index contributed by atoms with van der Waals surface area (Å²) < 4.78 is 43.7. The van der Waals surface area contributed by atoms with Gasteiger partial charge in [0.2, 0.25) is 5.91 Å². The molecule has 3 saturated heterocycles. The minimum absolute atomic E-state index is 0.0459. The number of hydrogen-bond donors (Lipinski definition) is 3. The average Bonchev–Trinajstić information content (AvgIpc) is 4.02. The van der Waals surface area contributed by atoms with E-state index in [0.29, 0.717) is 68.9 Å². The van der Waals surface area contributed by atoms with Crippen LogP contribution in [0, 0.1) is 5.92 Å². The van der Waals surface area contributed by atoms with Gasteiger partial charge in [-0.3, -0.25) is 28.8 Å². The monoisotopic (exact) mass is 887 g/mol. The molecule has 20 heteroatoms. The Morgan fingerprint density at radius 3 is 2.55 bits per heavy atom. The highest BCUT2D eigenvalue weighted by atomic mass is 19.3. The lowest BCUT2D eigenvalue weighted by Crippen LogP contribution is -2.55. The molecule has 5 aliphatic rings. The van der Waals surface area contributed by atoms with Crippen LogP contribution >= 0.6 is 0 Å². The van der Waals surface area contributed by atoms with Gasteiger partial charge in [0.25, 0.3) is 24.1 Å². The Balaban J connectivity index is 0.712. The van der Waals surface area contributed by atoms with Crippen LogP contribution in [0.1, 0.15) is 107 Å². The van der Waals surface area contributed by atoms with Crippen molar-refractivity contribution in [3.8, 4) is 0 Å². The van der Waals surface area contributed by atoms with Gasteiger partial charge in [-0.05, 0) is 81.9 Å². The minimum Gasteiger partial charge on any atom is -0.384 e. The number of anilines is 3. The van der Waals surface area contributed by atoms with Crippen LogP contribution in [0.3, 0.4) is 0 Å². The molecular weight excluding hydrogens is 833 g/mol. The fourth-order valence-corrected chi connectivity index (χ4v) is 9.79. The third kappa shape index (κ3) is 8.92. The number of imide groups is 1. The number of ether oxygens (including phenoxy) is 2. The van der Waals surface area contributed by atoms with Gasteiger partial charge in [-0.1, -0.05) is 6.07 Å². The number of carbonyl (C=O) groups excluding carboxylic acids is 4. The number of benzene rings is 1. The molecule has 7 heterocycles. The van der Waals surface area contributed by atoms with E-state index in [2.05, 4.69) is 30.6 Å². The van der Waals surface area contributed by atoms with Crippen molar-refractivity contribution in [2.24, 2.45) is 5.92 Å². The largest absolute Gasteiger partial charge is 0.384 e. The van der Waals surface area contributed by atoms with Gasteiger partial charge in [-0.25, -0.2) is 18.3 Å². The summed E-state index contributed by atoms with van der Waals surface area (Å²) in [4.78, 5) is 64.4. The Morgan fingerprint density at radius 2 is 1.80 bits per heavy atom. The lowest BCUT2D eigenvalue weighted by atomic mass is 9.85. The van der Waals surface area contributed by atoms with Crippen LogP contribution in [0.5, 0.6) is 0 Å². The van der Waals surface area contributed by atoms with E-state index < -0.39 is 48.0 Å². The summed E-state index contributed by atoms with van der Waals surface area (Å²) in [6, 6.07) is 5.90. The number of morpholine rings is 1. The third-order valence-corrected chi connectivity index (χ3v) is 13.3. The molecule has 1 aromatic carbocycles. The van der Waals surface area contributed by atoms with Crippen molar-refractivity contribution in [2.75, 3.05) is 81.3 Å². The normalized spacial score (nSPS) is 23.5. The molecule has 3 N–H and O–H groups in total. The van der Waals surface area contributed by atoms with E-state index in [1.807, 2.05) is 6.07 Å². The molecule has 0 bridgehead atoms. The standard InChI is InChI=1S/C44H55F2N11O7/c1-52(42(60)31-24-48-55-18-14-35(49-40(31)55)54-19-22-63-23-20-54)34-26-56(51-38(34)39(45)46)28-8-6-27(7-9-28)25-53-16-12-29(13-17-53)64-21-3-15-47-32-5-2-4-30-37(32)44(62)57(43(30)61)33-10-11-36(58)50-41(33)59/h2,4-5,14,18,24,26-29,33,36,39,47,58H,3,6-13,15-17,19-23,25H2,1H3,(H,50,59)/t27-,28-,33?,36?. The Bertz CT molecular complexity index is 2350. The topological polar surface area (TPSA) is 192 Å². The zero-order chi connectivity index (χ0) is 44.5. The predicted octanol–water partition coefficient (Wildman–Crippen LogP) is 3.88. The molecule has 2 atom stereocenters. The first-order chi connectivity index (χ1) is 31.0. The van der Waals surface area contributed by atoms with Gasteiger partial charge in [0, 0.05) is 71.0 Å². The number of nitrogens with one attached hydrogen (secondary N) is 2. The average molecular weight is 888 g/mol. The Hall–Kier alpha value is -5.57. The van der Waals surface area contributed by atoms with Crippen molar-refractivity contribution < 1.29 is 42.5 Å². The molecule has 4 aromatic rings. The highest BCUT2D eigenvalue weighted by Crippen LogP contribution is 2.37. The number of halogens is 2. The molecule has 3 aromatic heterocycles. The number of alkyl halides is 2.